The molecule has 0 bridgehead atoms. The zero-order valence-corrected chi connectivity index (χ0v) is 17.6. The molecule has 5 rings (SSSR count). The molecule has 3 aromatic carbocycles. The molecule has 0 saturated heterocycles. The first kappa shape index (κ1) is 19.8. The van der Waals surface area contributed by atoms with Crippen LogP contribution in [-0.2, 0) is 0 Å². The minimum absolute atomic E-state index is 0.0864. The van der Waals surface area contributed by atoms with E-state index in [-0.39, 0.29) is 11.4 Å². The quantitative estimate of drug-likeness (QED) is 0.223. The van der Waals surface area contributed by atoms with E-state index in [0.717, 1.165) is 26.5 Å². The second kappa shape index (κ2) is 7.83. The van der Waals surface area contributed by atoms with Gasteiger partial charge in [0.2, 0.25) is 0 Å². The number of hydrogen-bond acceptors (Lipinski definition) is 10. The van der Waals surface area contributed by atoms with Crippen molar-refractivity contribution in [2.24, 2.45) is 0 Å². The van der Waals surface area contributed by atoms with Crippen molar-refractivity contribution >= 4 is 76.1 Å². The van der Waals surface area contributed by atoms with Crippen LogP contribution < -0.4 is 10.6 Å². The largest absolute Gasteiger partial charge is 0.326 e. The third-order valence-electron chi connectivity index (χ3n) is 4.58. The van der Waals surface area contributed by atoms with Crippen molar-refractivity contribution in [2.75, 3.05) is 10.6 Å². The van der Waals surface area contributed by atoms with E-state index in [1.54, 1.807) is 0 Å². The predicted octanol–water partition coefficient (Wildman–Crippen LogP) is 6.21. The number of nitrogens with one attached hydrogen (secondary N) is 2. The molecule has 158 valence electrons. The lowest BCUT2D eigenvalue weighted by molar-refractivity contribution is -0.393. The SMILES string of the molecule is O=[N+]([O-])c1cc([N+](=O)[O-])c(Nc2nc3ccccc3s2)cc1Nc1nc2ccccc2s1. The van der Waals surface area contributed by atoms with Gasteiger partial charge in [-0.25, -0.2) is 9.97 Å². The standard InChI is InChI=1S/C20H12N6O4S2/c27-25(28)15-10-16(26(29)30)14(24-20-22-12-6-2-4-8-18(12)32-20)9-13(15)23-19-21-11-5-1-3-7-17(11)31-19/h1-10H,(H,21,23)(H,22,24). The number of nitro groups is 2. The number of rotatable bonds is 6. The molecule has 0 amide bonds. The second-order valence-corrected chi connectivity index (χ2v) is 8.69. The third-order valence-corrected chi connectivity index (χ3v) is 6.48. The molecule has 2 N–H and O–H groups in total. The van der Waals surface area contributed by atoms with Gasteiger partial charge in [-0.15, -0.1) is 0 Å². The Balaban J connectivity index is 1.58. The van der Waals surface area contributed by atoms with Crippen molar-refractivity contribution in [2.45, 2.75) is 0 Å². The van der Waals surface area contributed by atoms with Crippen LogP contribution in [0.3, 0.4) is 0 Å². The molecule has 0 atom stereocenters. The van der Waals surface area contributed by atoms with Gasteiger partial charge in [0.1, 0.15) is 11.4 Å². The minimum atomic E-state index is -0.663. The summed E-state index contributed by atoms with van der Waals surface area (Å²) in [5.41, 5.74) is 0.818. The Bertz CT molecular complexity index is 1340. The van der Waals surface area contributed by atoms with Crippen molar-refractivity contribution in [3.05, 3.63) is 80.9 Å². The molecular formula is C20H12N6O4S2. The van der Waals surface area contributed by atoms with E-state index >= 15 is 0 Å². The molecule has 0 spiro atoms. The smallest absolute Gasteiger partial charge is 0.299 e. The highest BCUT2D eigenvalue weighted by Crippen LogP contribution is 2.40. The Hall–Kier alpha value is -4.16. The number of hydrogen-bond donors (Lipinski definition) is 2. The van der Waals surface area contributed by atoms with Gasteiger partial charge in [-0.2, -0.15) is 0 Å². The molecule has 0 fully saturated rings. The summed E-state index contributed by atoms with van der Waals surface area (Å²) in [6.07, 6.45) is 0. The number of aromatic nitrogens is 2. The van der Waals surface area contributed by atoms with Crippen molar-refractivity contribution in [3.63, 3.8) is 0 Å². The van der Waals surface area contributed by atoms with Crippen molar-refractivity contribution in [3.8, 4) is 0 Å². The van der Waals surface area contributed by atoms with E-state index < -0.39 is 21.2 Å². The van der Waals surface area contributed by atoms with E-state index in [1.165, 1.54) is 28.7 Å². The van der Waals surface area contributed by atoms with Gasteiger partial charge in [0.05, 0.1) is 36.3 Å². The molecule has 2 aromatic heterocycles. The molecule has 10 nitrogen and oxygen atoms in total. The van der Waals surface area contributed by atoms with Gasteiger partial charge in [0, 0.05) is 0 Å². The number of para-hydroxylation sites is 2. The summed E-state index contributed by atoms with van der Waals surface area (Å²) < 4.78 is 1.82. The zero-order valence-electron chi connectivity index (χ0n) is 16.0. The van der Waals surface area contributed by atoms with Gasteiger partial charge >= 0.3 is 0 Å². The van der Waals surface area contributed by atoms with Crippen LogP contribution in [0.1, 0.15) is 0 Å². The van der Waals surface area contributed by atoms with Gasteiger partial charge in [0.15, 0.2) is 10.3 Å². The normalized spacial score (nSPS) is 11.0. The molecule has 0 radical (unpaired) electrons. The van der Waals surface area contributed by atoms with Crippen LogP contribution in [0.4, 0.5) is 33.0 Å². The first-order valence-corrected chi connectivity index (χ1v) is 10.8. The topological polar surface area (TPSA) is 136 Å². The number of nitro benzene ring substituents is 2. The van der Waals surface area contributed by atoms with Crippen LogP contribution in [0.2, 0.25) is 0 Å². The Labute approximate surface area is 187 Å². The number of benzene rings is 3. The first-order chi connectivity index (χ1) is 15.5. The average molecular weight is 464 g/mol. The number of thiazole rings is 2. The van der Waals surface area contributed by atoms with Gasteiger partial charge in [-0.05, 0) is 30.3 Å². The van der Waals surface area contributed by atoms with Crippen molar-refractivity contribution in [1.82, 2.24) is 9.97 Å². The maximum absolute atomic E-state index is 11.6. The van der Waals surface area contributed by atoms with Gasteiger partial charge < -0.3 is 10.6 Å². The Morgan fingerprint density at radius 1 is 0.688 bits per heavy atom. The highest BCUT2D eigenvalue weighted by atomic mass is 32.1. The fourth-order valence-electron chi connectivity index (χ4n) is 3.16. The van der Waals surface area contributed by atoms with Crippen LogP contribution in [-0.4, -0.2) is 19.8 Å². The van der Waals surface area contributed by atoms with Gasteiger partial charge in [0.25, 0.3) is 11.4 Å². The summed E-state index contributed by atoms with van der Waals surface area (Å²) in [6.45, 7) is 0. The molecular weight excluding hydrogens is 452 g/mol. The third kappa shape index (κ3) is 3.68. The molecule has 0 unspecified atom stereocenters. The Morgan fingerprint density at radius 3 is 1.53 bits per heavy atom. The summed E-state index contributed by atoms with van der Waals surface area (Å²) in [4.78, 5) is 30.8. The average Bonchev–Trinajstić information content (AvgIpc) is 3.36. The van der Waals surface area contributed by atoms with Crippen LogP contribution in [0.5, 0.6) is 0 Å². The van der Waals surface area contributed by atoms with Crippen molar-refractivity contribution in [1.29, 1.82) is 0 Å². The highest BCUT2D eigenvalue weighted by molar-refractivity contribution is 7.22. The molecule has 2 heterocycles. The minimum Gasteiger partial charge on any atom is -0.326 e. The maximum Gasteiger partial charge on any atom is 0.299 e. The summed E-state index contributed by atoms with van der Waals surface area (Å²) in [5, 5.41) is 30.1. The van der Waals surface area contributed by atoms with Crippen LogP contribution >= 0.6 is 22.7 Å². The fraction of sp³-hybridized carbons (Fsp3) is 0. The Kier molecular flexibility index (Phi) is 4.84. The first-order valence-electron chi connectivity index (χ1n) is 9.20. The molecule has 0 aliphatic rings. The number of anilines is 4. The molecule has 5 aromatic rings. The summed E-state index contributed by atoms with van der Waals surface area (Å²) in [6, 6.07) is 17.2. The summed E-state index contributed by atoms with van der Waals surface area (Å²) in [5.74, 6) is 0. The maximum atomic E-state index is 11.6. The lowest BCUT2D eigenvalue weighted by Crippen LogP contribution is -2.02. The molecule has 12 heteroatoms. The van der Waals surface area contributed by atoms with Crippen LogP contribution in [0.15, 0.2) is 60.7 Å². The predicted molar refractivity (Wildman–Crippen MR) is 126 cm³/mol. The van der Waals surface area contributed by atoms with Crippen LogP contribution in [0.25, 0.3) is 20.4 Å². The second-order valence-electron chi connectivity index (χ2n) is 6.62. The highest BCUT2D eigenvalue weighted by Gasteiger charge is 2.26. The molecule has 32 heavy (non-hydrogen) atoms. The molecule has 0 aliphatic carbocycles. The number of fused-ring (bicyclic) bond motifs is 2. The summed E-state index contributed by atoms with van der Waals surface area (Å²) >= 11 is 2.65. The van der Waals surface area contributed by atoms with Crippen molar-refractivity contribution < 1.29 is 9.85 Å². The van der Waals surface area contributed by atoms with Gasteiger partial charge in [-0.3, -0.25) is 20.2 Å². The number of nitrogens with zero attached hydrogens (tertiary/aromatic N) is 4. The lowest BCUT2D eigenvalue weighted by atomic mass is 10.2. The van der Waals surface area contributed by atoms with E-state index in [9.17, 15) is 20.2 Å². The van der Waals surface area contributed by atoms with E-state index in [2.05, 4.69) is 20.6 Å². The molecule has 0 aliphatic heterocycles. The zero-order chi connectivity index (χ0) is 22.2. The van der Waals surface area contributed by atoms with Gasteiger partial charge in [-0.1, -0.05) is 46.9 Å². The molecule has 0 saturated carbocycles. The van der Waals surface area contributed by atoms with E-state index in [1.807, 2.05) is 48.5 Å². The van der Waals surface area contributed by atoms with E-state index in [0.29, 0.717) is 10.3 Å². The Morgan fingerprint density at radius 2 is 1.12 bits per heavy atom. The summed E-state index contributed by atoms with van der Waals surface area (Å²) in [7, 11) is 0. The fourth-order valence-corrected chi connectivity index (χ4v) is 4.92. The van der Waals surface area contributed by atoms with Crippen LogP contribution in [0, 0.1) is 20.2 Å². The monoisotopic (exact) mass is 464 g/mol. The van der Waals surface area contributed by atoms with E-state index in [4.69, 9.17) is 0 Å². The lowest BCUT2D eigenvalue weighted by Gasteiger charge is -2.09.